The molecule has 2 heterocycles. The fourth-order valence-corrected chi connectivity index (χ4v) is 5.33. The fraction of sp³-hybridized carbons (Fsp3) is 0.333. The van der Waals surface area contributed by atoms with Gasteiger partial charge in [0.1, 0.15) is 6.54 Å². The van der Waals surface area contributed by atoms with Crippen molar-refractivity contribution in [2.75, 3.05) is 18.4 Å². The summed E-state index contributed by atoms with van der Waals surface area (Å²) in [6, 6.07) is 12.9. The zero-order chi connectivity index (χ0) is 21.3. The van der Waals surface area contributed by atoms with Gasteiger partial charge in [0.05, 0.1) is 10.4 Å². The van der Waals surface area contributed by atoms with Crippen molar-refractivity contribution in [3.63, 3.8) is 0 Å². The molecule has 1 atom stereocenters. The predicted molar refractivity (Wildman–Crippen MR) is 113 cm³/mol. The summed E-state index contributed by atoms with van der Waals surface area (Å²) in [5.41, 5.74) is 1.40. The molecule has 1 aliphatic rings. The van der Waals surface area contributed by atoms with Crippen LogP contribution in [0.2, 0.25) is 0 Å². The molecule has 1 saturated heterocycles. The molecule has 0 aliphatic carbocycles. The predicted octanol–water partition coefficient (Wildman–Crippen LogP) is 2.65. The number of anilines is 1. The van der Waals surface area contributed by atoms with Crippen LogP contribution in [-0.4, -0.2) is 36.3 Å². The number of piperidine rings is 1. The topological polar surface area (TPSA) is 102 Å². The average molecular weight is 429 g/mol. The number of fused-ring (bicyclic) bond motifs is 1. The van der Waals surface area contributed by atoms with Gasteiger partial charge in [-0.15, -0.1) is 0 Å². The Morgan fingerprint density at radius 3 is 2.63 bits per heavy atom. The quantitative estimate of drug-likeness (QED) is 0.672. The van der Waals surface area contributed by atoms with Gasteiger partial charge in [-0.3, -0.25) is 9.36 Å². The van der Waals surface area contributed by atoms with E-state index < -0.39 is 21.7 Å². The summed E-state index contributed by atoms with van der Waals surface area (Å²) in [6.07, 6.45) is 1.89. The Morgan fingerprint density at radius 1 is 1.17 bits per heavy atom. The second-order valence-electron chi connectivity index (χ2n) is 7.60. The first kappa shape index (κ1) is 20.4. The van der Waals surface area contributed by atoms with Crippen molar-refractivity contribution in [2.45, 2.75) is 31.2 Å². The van der Waals surface area contributed by atoms with Crippen LogP contribution in [0, 0.1) is 5.92 Å². The number of amides is 1. The van der Waals surface area contributed by atoms with Gasteiger partial charge < -0.3 is 9.73 Å². The Hall–Kier alpha value is -2.91. The van der Waals surface area contributed by atoms with Gasteiger partial charge in [-0.1, -0.05) is 19.1 Å². The van der Waals surface area contributed by atoms with Crippen LogP contribution >= 0.6 is 0 Å². The van der Waals surface area contributed by atoms with E-state index >= 15 is 0 Å². The number of hydrogen-bond acceptors (Lipinski definition) is 5. The summed E-state index contributed by atoms with van der Waals surface area (Å²) in [5.74, 6) is -0.679. The maximum absolute atomic E-state index is 12.8. The fourth-order valence-electron chi connectivity index (χ4n) is 3.73. The molecule has 2 aromatic carbocycles. The Morgan fingerprint density at radius 2 is 1.90 bits per heavy atom. The number of para-hydroxylation sites is 2. The van der Waals surface area contributed by atoms with Gasteiger partial charge in [-0.25, -0.2) is 13.2 Å². The van der Waals surface area contributed by atoms with E-state index in [1.165, 1.54) is 21.0 Å². The average Bonchev–Trinajstić information content (AvgIpc) is 3.03. The molecule has 0 radical (unpaired) electrons. The highest BCUT2D eigenvalue weighted by Gasteiger charge is 2.28. The van der Waals surface area contributed by atoms with Crippen LogP contribution in [0.5, 0.6) is 0 Å². The zero-order valence-corrected chi connectivity index (χ0v) is 17.4. The molecular weight excluding hydrogens is 406 g/mol. The molecule has 0 bridgehead atoms. The number of rotatable bonds is 5. The molecule has 0 spiro atoms. The minimum Gasteiger partial charge on any atom is -0.408 e. The van der Waals surface area contributed by atoms with Crippen LogP contribution in [0.25, 0.3) is 11.1 Å². The Labute approximate surface area is 174 Å². The van der Waals surface area contributed by atoms with Gasteiger partial charge >= 0.3 is 5.76 Å². The molecule has 158 valence electrons. The summed E-state index contributed by atoms with van der Waals surface area (Å²) in [4.78, 5) is 24.6. The number of carbonyl (C=O) groups excluding carboxylic acids is 1. The molecule has 8 nitrogen and oxygen atoms in total. The van der Waals surface area contributed by atoms with Crippen molar-refractivity contribution in [2.24, 2.45) is 5.92 Å². The van der Waals surface area contributed by atoms with Crippen LogP contribution < -0.4 is 11.1 Å². The molecule has 1 unspecified atom stereocenters. The number of nitrogens with one attached hydrogen (secondary N) is 1. The van der Waals surface area contributed by atoms with E-state index in [-0.39, 0.29) is 11.4 Å². The van der Waals surface area contributed by atoms with Crippen molar-refractivity contribution < 1.29 is 17.6 Å². The summed E-state index contributed by atoms with van der Waals surface area (Å²) < 4.78 is 33.6. The molecular formula is C21H23N3O5S. The van der Waals surface area contributed by atoms with E-state index in [1.54, 1.807) is 36.4 Å². The highest BCUT2D eigenvalue weighted by Crippen LogP contribution is 2.24. The molecule has 1 aromatic heterocycles. The van der Waals surface area contributed by atoms with Gasteiger partial charge in [0, 0.05) is 18.8 Å². The molecule has 0 saturated carbocycles. The number of hydrogen-bond donors (Lipinski definition) is 1. The first-order valence-corrected chi connectivity index (χ1v) is 11.3. The molecule has 30 heavy (non-hydrogen) atoms. The lowest BCUT2D eigenvalue weighted by molar-refractivity contribution is -0.116. The zero-order valence-electron chi connectivity index (χ0n) is 16.6. The van der Waals surface area contributed by atoms with E-state index in [0.29, 0.717) is 35.8 Å². The molecule has 1 fully saturated rings. The van der Waals surface area contributed by atoms with Crippen LogP contribution in [0.4, 0.5) is 5.69 Å². The maximum atomic E-state index is 12.8. The van der Waals surface area contributed by atoms with Gasteiger partial charge in [-0.2, -0.15) is 4.31 Å². The minimum atomic E-state index is -3.55. The van der Waals surface area contributed by atoms with Gasteiger partial charge in [0.2, 0.25) is 15.9 Å². The van der Waals surface area contributed by atoms with E-state index in [0.717, 1.165) is 12.8 Å². The second-order valence-corrected chi connectivity index (χ2v) is 9.54. The van der Waals surface area contributed by atoms with Crippen LogP contribution in [0.15, 0.2) is 62.6 Å². The van der Waals surface area contributed by atoms with Crippen LogP contribution in [-0.2, 0) is 21.4 Å². The molecule has 9 heteroatoms. The van der Waals surface area contributed by atoms with Crippen LogP contribution in [0.3, 0.4) is 0 Å². The SMILES string of the molecule is CC1CCCN(S(=O)(=O)c2ccc(NC(=O)Cn3c(=O)oc4ccccc43)cc2)C1. The number of nitrogens with zero attached hydrogens (tertiary/aromatic N) is 2. The van der Waals surface area contributed by atoms with Crippen molar-refractivity contribution in [1.29, 1.82) is 0 Å². The standard InChI is InChI=1S/C21H23N3O5S/c1-15-5-4-12-23(13-15)30(27,28)17-10-8-16(9-11-17)22-20(25)14-24-18-6-2-3-7-19(18)29-21(24)26/h2-3,6-11,15H,4-5,12-14H2,1H3,(H,22,25). The van der Waals surface area contributed by atoms with Gasteiger partial charge in [0.25, 0.3) is 0 Å². The molecule has 1 N–H and O–H groups in total. The lowest BCUT2D eigenvalue weighted by Gasteiger charge is -2.30. The highest BCUT2D eigenvalue weighted by atomic mass is 32.2. The lowest BCUT2D eigenvalue weighted by atomic mass is 10.0. The monoisotopic (exact) mass is 429 g/mol. The number of oxazole rings is 1. The number of carbonyl (C=O) groups is 1. The lowest BCUT2D eigenvalue weighted by Crippen LogP contribution is -2.39. The van der Waals surface area contributed by atoms with E-state index in [1.807, 2.05) is 0 Å². The molecule has 1 aliphatic heterocycles. The maximum Gasteiger partial charge on any atom is 0.420 e. The van der Waals surface area contributed by atoms with E-state index in [2.05, 4.69) is 12.2 Å². The normalized spacial score (nSPS) is 17.8. The first-order valence-electron chi connectivity index (χ1n) is 9.83. The van der Waals surface area contributed by atoms with Crippen molar-refractivity contribution >= 4 is 32.7 Å². The molecule has 1 amide bonds. The van der Waals surface area contributed by atoms with Crippen molar-refractivity contribution in [3.05, 3.63) is 59.1 Å². The van der Waals surface area contributed by atoms with Crippen molar-refractivity contribution in [1.82, 2.24) is 8.87 Å². The van der Waals surface area contributed by atoms with Gasteiger partial charge in [0.15, 0.2) is 5.58 Å². The highest BCUT2D eigenvalue weighted by molar-refractivity contribution is 7.89. The Bertz CT molecular complexity index is 1230. The third-order valence-corrected chi connectivity index (χ3v) is 7.15. The molecule has 3 aromatic rings. The minimum absolute atomic E-state index is 0.201. The van der Waals surface area contributed by atoms with E-state index in [9.17, 15) is 18.0 Å². The number of aromatic nitrogens is 1. The van der Waals surface area contributed by atoms with Crippen LogP contribution in [0.1, 0.15) is 19.8 Å². The largest absolute Gasteiger partial charge is 0.420 e. The van der Waals surface area contributed by atoms with Crippen molar-refractivity contribution in [3.8, 4) is 0 Å². The summed E-state index contributed by atoms with van der Waals surface area (Å²) in [6.45, 7) is 2.89. The third-order valence-electron chi connectivity index (χ3n) is 5.27. The third kappa shape index (κ3) is 4.03. The summed E-state index contributed by atoms with van der Waals surface area (Å²) in [5, 5.41) is 2.69. The Kier molecular flexibility index (Phi) is 5.48. The number of benzene rings is 2. The van der Waals surface area contributed by atoms with E-state index in [4.69, 9.17) is 4.42 Å². The second kappa shape index (κ2) is 8.08. The van der Waals surface area contributed by atoms with Gasteiger partial charge in [-0.05, 0) is 55.2 Å². The molecule has 4 rings (SSSR count). The first-order chi connectivity index (χ1) is 14.3. The number of sulfonamides is 1. The smallest absolute Gasteiger partial charge is 0.408 e. The summed E-state index contributed by atoms with van der Waals surface area (Å²) in [7, 11) is -3.55. The Balaban J connectivity index is 1.46. The summed E-state index contributed by atoms with van der Waals surface area (Å²) >= 11 is 0.